The molecule has 104 valence electrons. The predicted octanol–water partition coefficient (Wildman–Crippen LogP) is 3.25. The lowest BCUT2D eigenvalue weighted by Crippen LogP contribution is -2.15. The van der Waals surface area contributed by atoms with Crippen LogP contribution < -0.4 is 5.32 Å². The number of fused-ring (bicyclic) bond motifs is 1. The summed E-state index contributed by atoms with van der Waals surface area (Å²) in [5, 5.41) is 13.4. The van der Waals surface area contributed by atoms with Crippen molar-refractivity contribution in [1.29, 1.82) is 0 Å². The first-order valence-corrected chi connectivity index (χ1v) is 7.17. The highest BCUT2D eigenvalue weighted by Gasteiger charge is 2.11. The summed E-state index contributed by atoms with van der Waals surface area (Å²) in [6, 6.07) is 8.22. The standard InChI is InChI=1S/C16H23NO2/c1-2-15-14(12-17-10-6-3-7-11-18)13-8-4-5-9-16(13)19-15/h4-5,8-9,17-18H,2-3,6-7,10-12H2,1H3. The first-order valence-electron chi connectivity index (χ1n) is 7.17. The van der Waals surface area contributed by atoms with Crippen molar-refractivity contribution in [3.8, 4) is 0 Å². The SMILES string of the molecule is CCc1oc2ccccc2c1CNCCCCCO. The van der Waals surface area contributed by atoms with Crippen LogP contribution in [0, 0.1) is 0 Å². The fraction of sp³-hybridized carbons (Fsp3) is 0.500. The Kier molecular flexibility index (Phi) is 5.43. The number of rotatable bonds is 8. The molecule has 0 aliphatic carbocycles. The van der Waals surface area contributed by atoms with Crippen LogP contribution >= 0.6 is 0 Å². The highest BCUT2D eigenvalue weighted by atomic mass is 16.3. The smallest absolute Gasteiger partial charge is 0.134 e. The minimum absolute atomic E-state index is 0.298. The molecule has 0 bridgehead atoms. The van der Waals surface area contributed by atoms with Gasteiger partial charge < -0.3 is 14.8 Å². The molecule has 0 atom stereocenters. The van der Waals surface area contributed by atoms with E-state index in [4.69, 9.17) is 9.52 Å². The van der Waals surface area contributed by atoms with Crippen molar-refractivity contribution in [2.45, 2.75) is 39.2 Å². The molecule has 0 spiro atoms. The van der Waals surface area contributed by atoms with Crippen LogP contribution in [0.25, 0.3) is 11.0 Å². The number of hydrogen-bond donors (Lipinski definition) is 2. The highest BCUT2D eigenvalue weighted by Crippen LogP contribution is 2.26. The number of furan rings is 1. The van der Waals surface area contributed by atoms with Crippen LogP contribution in [0.5, 0.6) is 0 Å². The van der Waals surface area contributed by atoms with Crippen molar-refractivity contribution in [2.75, 3.05) is 13.2 Å². The van der Waals surface area contributed by atoms with E-state index < -0.39 is 0 Å². The van der Waals surface area contributed by atoms with Gasteiger partial charge in [-0.1, -0.05) is 25.1 Å². The number of hydrogen-bond acceptors (Lipinski definition) is 3. The van der Waals surface area contributed by atoms with E-state index in [1.165, 1.54) is 10.9 Å². The second-order valence-electron chi connectivity index (χ2n) is 4.81. The Morgan fingerprint density at radius 2 is 2.00 bits per heavy atom. The number of aliphatic hydroxyl groups is 1. The lowest BCUT2D eigenvalue weighted by molar-refractivity contribution is 0.283. The van der Waals surface area contributed by atoms with Crippen LogP contribution in [0.1, 0.15) is 37.5 Å². The minimum atomic E-state index is 0.298. The average molecular weight is 261 g/mol. The summed E-state index contributed by atoms with van der Waals surface area (Å²) >= 11 is 0. The molecule has 1 aromatic carbocycles. The summed E-state index contributed by atoms with van der Waals surface area (Å²) in [6.45, 7) is 4.27. The van der Waals surface area contributed by atoms with Crippen molar-refractivity contribution < 1.29 is 9.52 Å². The molecule has 3 heteroatoms. The monoisotopic (exact) mass is 261 g/mol. The maximum atomic E-state index is 8.73. The van der Waals surface area contributed by atoms with Gasteiger partial charge >= 0.3 is 0 Å². The zero-order chi connectivity index (χ0) is 13.5. The van der Waals surface area contributed by atoms with E-state index in [1.54, 1.807) is 0 Å². The quantitative estimate of drug-likeness (QED) is 0.717. The average Bonchev–Trinajstić information content (AvgIpc) is 2.81. The van der Waals surface area contributed by atoms with Gasteiger partial charge in [-0.05, 0) is 31.9 Å². The second-order valence-corrected chi connectivity index (χ2v) is 4.81. The number of aliphatic hydroxyl groups excluding tert-OH is 1. The number of nitrogens with one attached hydrogen (secondary N) is 1. The van der Waals surface area contributed by atoms with Gasteiger partial charge in [0.25, 0.3) is 0 Å². The van der Waals surface area contributed by atoms with Gasteiger partial charge in [-0.2, -0.15) is 0 Å². The summed E-state index contributed by atoms with van der Waals surface area (Å²) in [4.78, 5) is 0. The first-order chi connectivity index (χ1) is 9.36. The van der Waals surface area contributed by atoms with Crippen LogP contribution in [0.4, 0.5) is 0 Å². The molecule has 2 N–H and O–H groups in total. The van der Waals surface area contributed by atoms with Gasteiger partial charge in [0.2, 0.25) is 0 Å². The van der Waals surface area contributed by atoms with Crippen LogP contribution in [-0.2, 0) is 13.0 Å². The predicted molar refractivity (Wildman–Crippen MR) is 78.2 cm³/mol. The van der Waals surface area contributed by atoms with Crippen LogP contribution in [0.2, 0.25) is 0 Å². The molecule has 2 aromatic rings. The lowest BCUT2D eigenvalue weighted by atomic mass is 10.1. The molecule has 19 heavy (non-hydrogen) atoms. The van der Waals surface area contributed by atoms with Crippen molar-refractivity contribution in [2.24, 2.45) is 0 Å². The molecule has 0 amide bonds. The Hall–Kier alpha value is -1.32. The van der Waals surface area contributed by atoms with Crippen molar-refractivity contribution in [1.82, 2.24) is 5.32 Å². The van der Waals surface area contributed by atoms with Crippen LogP contribution in [0.15, 0.2) is 28.7 Å². The van der Waals surface area contributed by atoms with Gasteiger partial charge in [0.05, 0.1) is 0 Å². The Balaban J connectivity index is 1.95. The molecule has 2 rings (SSSR count). The number of unbranched alkanes of at least 4 members (excludes halogenated alkanes) is 2. The fourth-order valence-corrected chi connectivity index (χ4v) is 2.38. The fourth-order valence-electron chi connectivity index (χ4n) is 2.38. The van der Waals surface area contributed by atoms with E-state index in [0.29, 0.717) is 6.61 Å². The topological polar surface area (TPSA) is 45.4 Å². The molecule has 0 radical (unpaired) electrons. The molecule has 3 nitrogen and oxygen atoms in total. The van der Waals surface area contributed by atoms with E-state index >= 15 is 0 Å². The van der Waals surface area contributed by atoms with E-state index in [0.717, 1.165) is 50.1 Å². The third kappa shape index (κ3) is 3.58. The third-order valence-electron chi connectivity index (χ3n) is 3.42. The van der Waals surface area contributed by atoms with Gasteiger partial charge in [-0.15, -0.1) is 0 Å². The van der Waals surface area contributed by atoms with Gasteiger partial charge in [-0.25, -0.2) is 0 Å². The summed E-state index contributed by atoms with van der Waals surface area (Å²) in [6.07, 6.45) is 4.01. The van der Waals surface area contributed by atoms with Crippen molar-refractivity contribution >= 4 is 11.0 Å². The Labute approximate surface area is 114 Å². The van der Waals surface area contributed by atoms with E-state index in [1.807, 2.05) is 12.1 Å². The largest absolute Gasteiger partial charge is 0.461 e. The molecule has 0 aliphatic heterocycles. The van der Waals surface area contributed by atoms with E-state index in [2.05, 4.69) is 24.4 Å². The molecule has 0 fully saturated rings. The van der Waals surface area contributed by atoms with Gasteiger partial charge in [0, 0.05) is 30.5 Å². The highest BCUT2D eigenvalue weighted by molar-refractivity contribution is 5.82. The summed E-state index contributed by atoms with van der Waals surface area (Å²) in [7, 11) is 0. The zero-order valence-electron chi connectivity index (χ0n) is 11.6. The van der Waals surface area contributed by atoms with Crippen molar-refractivity contribution in [3.63, 3.8) is 0 Å². The zero-order valence-corrected chi connectivity index (χ0v) is 11.6. The molecular formula is C16H23NO2. The maximum absolute atomic E-state index is 8.73. The summed E-state index contributed by atoms with van der Waals surface area (Å²) in [5.41, 5.74) is 2.27. The molecule has 0 unspecified atom stereocenters. The van der Waals surface area contributed by atoms with Crippen LogP contribution in [0.3, 0.4) is 0 Å². The molecule has 0 saturated heterocycles. The normalized spacial score (nSPS) is 11.3. The van der Waals surface area contributed by atoms with Gasteiger partial charge in [0.1, 0.15) is 11.3 Å². The Morgan fingerprint density at radius 3 is 2.79 bits per heavy atom. The Bertz CT molecular complexity index is 504. The Morgan fingerprint density at radius 1 is 1.16 bits per heavy atom. The number of para-hydroxylation sites is 1. The minimum Gasteiger partial charge on any atom is -0.461 e. The van der Waals surface area contributed by atoms with E-state index in [-0.39, 0.29) is 0 Å². The second kappa shape index (κ2) is 7.31. The molecule has 0 aliphatic rings. The van der Waals surface area contributed by atoms with Gasteiger partial charge in [0.15, 0.2) is 0 Å². The van der Waals surface area contributed by atoms with Crippen molar-refractivity contribution in [3.05, 3.63) is 35.6 Å². The summed E-state index contributed by atoms with van der Waals surface area (Å²) < 4.78 is 5.87. The van der Waals surface area contributed by atoms with Gasteiger partial charge in [-0.3, -0.25) is 0 Å². The maximum Gasteiger partial charge on any atom is 0.134 e. The molecule has 1 heterocycles. The lowest BCUT2D eigenvalue weighted by Gasteiger charge is -2.05. The van der Waals surface area contributed by atoms with E-state index in [9.17, 15) is 0 Å². The number of benzene rings is 1. The van der Waals surface area contributed by atoms with Crippen LogP contribution in [-0.4, -0.2) is 18.3 Å². The first kappa shape index (κ1) is 14.1. The molecule has 1 aromatic heterocycles. The number of aryl methyl sites for hydroxylation is 1. The molecule has 0 saturated carbocycles. The summed E-state index contributed by atoms with van der Waals surface area (Å²) in [5.74, 6) is 1.09. The molecular weight excluding hydrogens is 238 g/mol. The third-order valence-corrected chi connectivity index (χ3v) is 3.42.